The Hall–Kier alpha value is -2.09. The lowest BCUT2D eigenvalue weighted by Crippen LogP contribution is -2.05. The molecule has 0 amide bonds. The molecule has 2 aromatic carbocycles. The molecule has 0 N–H and O–H groups in total. The van der Waals surface area contributed by atoms with Crippen LogP contribution in [0, 0.1) is 24.6 Å². The highest BCUT2D eigenvalue weighted by atomic mass is 19.1. The van der Waals surface area contributed by atoms with Crippen LogP contribution in [0.3, 0.4) is 0 Å². The van der Waals surface area contributed by atoms with Crippen molar-refractivity contribution in [3.63, 3.8) is 0 Å². The van der Waals surface area contributed by atoms with Crippen LogP contribution in [0.2, 0.25) is 0 Å². The highest BCUT2D eigenvalue weighted by molar-refractivity contribution is 5.78. The van der Waals surface area contributed by atoms with Crippen LogP contribution in [0.15, 0.2) is 36.4 Å². The van der Waals surface area contributed by atoms with Crippen LogP contribution in [-0.4, -0.2) is 6.61 Å². The molecule has 2 heteroatoms. The van der Waals surface area contributed by atoms with E-state index in [1.807, 2.05) is 25.1 Å². The van der Waals surface area contributed by atoms with Gasteiger partial charge in [-0.1, -0.05) is 65.3 Å². The molecule has 0 aliphatic rings. The van der Waals surface area contributed by atoms with Crippen LogP contribution in [0.5, 0.6) is 5.75 Å². The number of rotatable bonds is 9. The van der Waals surface area contributed by atoms with E-state index in [1.54, 1.807) is 6.07 Å². The largest absolute Gasteiger partial charge is 0.493 e. The summed E-state index contributed by atoms with van der Waals surface area (Å²) in [5.41, 5.74) is 4.76. The molecule has 0 bridgehead atoms. The number of halogens is 1. The van der Waals surface area contributed by atoms with Gasteiger partial charge in [0.25, 0.3) is 0 Å². The van der Waals surface area contributed by atoms with Crippen LogP contribution < -0.4 is 4.74 Å². The van der Waals surface area contributed by atoms with Crippen molar-refractivity contribution in [2.24, 2.45) is 11.8 Å². The Kier molecular flexibility index (Phi) is 8.29. The topological polar surface area (TPSA) is 9.23 Å². The lowest BCUT2D eigenvalue weighted by molar-refractivity contribution is 0.279. The van der Waals surface area contributed by atoms with Gasteiger partial charge < -0.3 is 4.74 Å². The Morgan fingerprint density at radius 3 is 2.46 bits per heavy atom. The minimum absolute atomic E-state index is 0.179. The Labute approximate surface area is 170 Å². The predicted molar refractivity (Wildman–Crippen MR) is 119 cm³/mol. The average Bonchev–Trinajstić information content (AvgIpc) is 2.68. The standard InChI is InChI=1S/C26H35FO/c1-7-19(5)15-16-28-25-14-11-22(17-21(25)8-2)26-23(12-9-18(3)4)20(6)10-13-24(26)27/h9-14,17-19H,7-8,15-16H2,1-6H3/b12-9-. The first-order chi connectivity index (χ1) is 13.4. The Bertz CT molecular complexity index is 804. The fourth-order valence-corrected chi connectivity index (χ4v) is 3.22. The maximum Gasteiger partial charge on any atom is 0.131 e. The second-order valence-electron chi connectivity index (χ2n) is 8.08. The monoisotopic (exact) mass is 382 g/mol. The van der Waals surface area contributed by atoms with E-state index < -0.39 is 0 Å². The van der Waals surface area contributed by atoms with Gasteiger partial charge in [-0.05, 0) is 72.1 Å². The summed E-state index contributed by atoms with van der Waals surface area (Å²) in [6.07, 6.45) is 7.26. The highest BCUT2D eigenvalue weighted by Gasteiger charge is 2.14. The molecule has 0 radical (unpaired) electrons. The molecule has 0 spiro atoms. The molecule has 0 aliphatic heterocycles. The summed E-state index contributed by atoms with van der Waals surface area (Å²) in [4.78, 5) is 0. The van der Waals surface area contributed by atoms with Gasteiger partial charge in [-0.2, -0.15) is 0 Å². The van der Waals surface area contributed by atoms with Gasteiger partial charge in [-0.3, -0.25) is 0 Å². The molecule has 2 rings (SSSR count). The van der Waals surface area contributed by atoms with Crippen LogP contribution in [0.1, 0.15) is 64.2 Å². The summed E-state index contributed by atoms with van der Waals surface area (Å²) in [5.74, 6) is 1.83. The van der Waals surface area contributed by atoms with Crippen molar-refractivity contribution in [1.82, 2.24) is 0 Å². The fraction of sp³-hybridized carbons (Fsp3) is 0.462. The minimum Gasteiger partial charge on any atom is -0.493 e. The van der Waals surface area contributed by atoms with Crippen LogP contribution >= 0.6 is 0 Å². The Morgan fingerprint density at radius 1 is 1.07 bits per heavy atom. The zero-order chi connectivity index (χ0) is 20.7. The first kappa shape index (κ1) is 22.2. The smallest absolute Gasteiger partial charge is 0.131 e. The first-order valence-electron chi connectivity index (χ1n) is 10.6. The second kappa shape index (κ2) is 10.5. The van der Waals surface area contributed by atoms with E-state index in [4.69, 9.17) is 4.74 Å². The fourth-order valence-electron chi connectivity index (χ4n) is 3.22. The van der Waals surface area contributed by atoms with Crippen molar-refractivity contribution in [3.05, 3.63) is 58.9 Å². The van der Waals surface area contributed by atoms with Gasteiger partial charge in [0, 0.05) is 5.56 Å². The molecule has 0 aliphatic carbocycles. The van der Waals surface area contributed by atoms with Crippen molar-refractivity contribution in [2.75, 3.05) is 6.61 Å². The SMILES string of the molecule is CCc1cc(-c2c(F)ccc(C)c2/C=C\C(C)C)ccc1OCCC(C)CC. The molecule has 0 fully saturated rings. The van der Waals surface area contributed by atoms with E-state index in [2.05, 4.69) is 52.8 Å². The maximum absolute atomic E-state index is 14.8. The summed E-state index contributed by atoms with van der Waals surface area (Å²) in [6, 6.07) is 9.50. The summed E-state index contributed by atoms with van der Waals surface area (Å²) >= 11 is 0. The zero-order valence-corrected chi connectivity index (χ0v) is 18.3. The molecular formula is C26H35FO. The molecule has 1 unspecified atom stereocenters. The van der Waals surface area contributed by atoms with E-state index >= 15 is 0 Å². The Morgan fingerprint density at radius 2 is 1.82 bits per heavy atom. The lowest BCUT2D eigenvalue weighted by Gasteiger charge is -2.16. The molecule has 1 nitrogen and oxygen atoms in total. The van der Waals surface area contributed by atoms with Gasteiger partial charge in [0.05, 0.1) is 6.61 Å². The lowest BCUT2D eigenvalue weighted by atomic mass is 9.92. The van der Waals surface area contributed by atoms with Crippen molar-refractivity contribution < 1.29 is 9.13 Å². The molecule has 152 valence electrons. The molecule has 2 aromatic rings. The van der Waals surface area contributed by atoms with E-state index in [0.717, 1.165) is 47.5 Å². The normalized spacial score (nSPS) is 12.7. The zero-order valence-electron chi connectivity index (χ0n) is 18.3. The van der Waals surface area contributed by atoms with Gasteiger partial charge in [0.1, 0.15) is 11.6 Å². The minimum atomic E-state index is -0.179. The molecule has 0 saturated carbocycles. The van der Waals surface area contributed by atoms with Crippen LogP contribution in [0.25, 0.3) is 17.2 Å². The van der Waals surface area contributed by atoms with Gasteiger partial charge in [-0.25, -0.2) is 4.39 Å². The number of benzene rings is 2. The first-order valence-corrected chi connectivity index (χ1v) is 10.6. The number of hydrogen-bond donors (Lipinski definition) is 0. The molecule has 0 saturated heterocycles. The number of ether oxygens (including phenoxy) is 1. The Balaban J connectivity index is 2.39. The third kappa shape index (κ3) is 5.70. The van der Waals surface area contributed by atoms with Crippen LogP contribution in [0.4, 0.5) is 4.39 Å². The molecular weight excluding hydrogens is 347 g/mol. The van der Waals surface area contributed by atoms with Gasteiger partial charge in [0.15, 0.2) is 0 Å². The second-order valence-corrected chi connectivity index (χ2v) is 8.08. The number of allylic oxidation sites excluding steroid dienone is 1. The van der Waals surface area contributed by atoms with Crippen molar-refractivity contribution in [1.29, 1.82) is 0 Å². The predicted octanol–water partition coefficient (Wildman–Crippen LogP) is 7.85. The molecule has 0 heterocycles. The van der Waals surface area contributed by atoms with Crippen molar-refractivity contribution in [3.8, 4) is 16.9 Å². The van der Waals surface area contributed by atoms with Crippen molar-refractivity contribution in [2.45, 2.75) is 60.8 Å². The van der Waals surface area contributed by atoms with Crippen LogP contribution in [-0.2, 0) is 6.42 Å². The summed E-state index contributed by atoms with van der Waals surface area (Å²) < 4.78 is 20.9. The third-order valence-electron chi connectivity index (χ3n) is 5.36. The average molecular weight is 383 g/mol. The van der Waals surface area contributed by atoms with Crippen molar-refractivity contribution >= 4 is 6.08 Å². The van der Waals surface area contributed by atoms with Gasteiger partial charge in [0.2, 0.25) is 0 Å². The van der Waals surface area contributed by atoms with E-state index in [0.29, 0.717) is 17.4 Å². The maximum atomic E-state index is 14.8. The summed E-state index contributed by atoms with van der Waals surface area (Å²) in [6.45, 7) is 13.6. The highest BCUT2D eigenvalue weighted by Crippen LogP contribution is 2.34. The molecule has 1 atom stereocenters. The van der Waals surface area contributed by atoms with E-state index in [1.165, 1.54) is 6.42 Å². The number of hydrogen-bond acceptors (Lipinski definition) is 1. The van der Waals surface area contributed by atoms with E-state index in [-0.39, 0.29) is 5.82 Å². The van der Waals surface area contributed by atoms with Gasteiger partial charge >= 0.3 is 0 Å². The quantitative estimate of drug-likeness (QED) is 0.429. The molecule has 28 heavy (non-hydrogen) atoms. The summed E-state index contributed by atoms with van der Waals surface area (Å²) in [5, 5.41) is 0. The number of aryl methyl sites for hydroxylation is 2. The third-order valence-corrected chi connectivity index (χ3v) is 5.36. The van der Waals surface area contributed by atoms with E-state index in [9.17, 15) is 4.39 Å². The van der Waals surface area contributed by atoms with Gasteiger partial charge in [-0.15, -0.1) is 0 Å². The molecule has 0 aromatic heterocycles. The summed E-state index contributed by atoms with van der Waals surface area (Å²) in [7, 11) is 0.